The van der Waals surface area contributed by atoms with Crippen molar-refractivity contribution in [2.45, 2.75) is 38.0 Å². The van der Waals surface area contributed by atoms with Crippen LogP contribution in [0.2, 0.25) is 0 Å². The van der Waals surface area contributed by atoms with Gasteiger partial charge in [-0.05, 0) is 25.9 Å². The maximum Gasteiger partial charge on any atom is 0.200 e. The van der Waals surface area contributed by atoms with Crippen LogP contribution in [0.25, 0.3) is 0 Å². The molecule has 6 N–H and O–H groups in total. The number of guanidine groups is 2. The fourth-order valence-corrected chi connectivity index (χ4v) is 2.74. The van der Waals surface area contributed by atoms with Gasteiger partial charge in [-0.15, -0.1) is 0 Å². The lowest BCUT2D eigenvalue weighted by Crippen LogP contribution is -2.66. The molecule has 0 aliphatic carbocycles. The van der Waals surface area contributed by atoms with Crippen molar-refractivity contribution in [1.82, 2.24) is 15.5 Å². The Kier molecular flexibility index (Phi) is 3.72. The Balaban J connectivity index is 2.09. The van der Waals surface area contributed by atoms with E-state index < -0.39 is 5.79 Å². The molecule has 2 heterocycles. The number of hydrogen-bond acceptors (Lipinski definition) is 5. The average molecular weight is 253 g/mol. The first-order valence-corrected chi connectivity index (χ1v) is 6.46. The van der Waals surface area contributed by atoms with E-state index in [9.17, 15) is 0 Å². The molecule has 0 spiro atoms. The summed E-state index contributed by atoms with van der Waals surface area (Å²) >= 11 is 0. The molecule has 0 radical (unpaired) electrons. The topological polar surface area (TPSA) is 104 Å². The molecule has 2 unspecified atom stereocenters. The minimum atomic E-state index is -0.855. The Bertz CT molecular complexity index is 364. The van der Waals surface area contributed by atoms with Crippen LogP contribution in [0.3, 0.4) is 0 Å². The third-order valence-electron chi connectivity index (χ3n) is 3.58. The number of likely N-dealkylation sites (tertiary alicyclic amines) is 1. The van der Waals surface area contributed by atoms with Gasteiger partial charge >= 0.3 is 0 Å². The van der Waals surface area contributed by atoms with Gasteiger partial charge < -0.3 is 16.0 Å². The molecule has 18 heavy (non-hydrogen) atoms. The van der Waals surface area contributed by atoms with Crippen LogP contribution in [0.5, 0.6) is 0 Å². The molecule has 0 aromatic carbocycles. The highest BCUT2D eigenvalue weighted by Gasteiger charge is 2.36. The van der Waals surface area contributed by atoms with E-state index in [4.69, 9.17) is 11.5 Å². The zero-order valence-electron chi connectivity index (χ0n) is 11.1. The van der Waals surface area contributed by atoms with Crippen molar-refractivity contribution in [2.75, 3.05) is 20.1 Å². The molecule has 7 heteroatoms. The summed E-state index contributed by atoms with van der Waals surface area (Å²) in [5, 5.41) is 5.95. The molecule has 7 nitrogen and oxygen atoms in total. The van der Waals surface area contributed by atoms with Crippen molar-refractivity contribution in [3.63, 3.8) is 0 Å². The van der Waals surface area contributed by atoms with Crippen LogP contribution in [0.15, 0.2) is 9.98 Å². The average Bonchev–Trinajstić information content (AvgIpc) is 2.74. The third kappa shape index (κ3) is 2.73. The highest BCUT2D eigenvalue weighted by Crippen LogP contribution is 2.24. The number of nitrogens with one attached hydrogen (secondary N) is 2. The summed E-state index contributed by atoms with van der Waals surface area (Å²) in [6.07, 6.45) is 3.12. The Morgan fingerprint density at radius 1 is 1.61 bits per heavy atom. The van der Waals surface area contributed by atoms with Crippen molar-refractivity contribution >= 4 is 11.9 Å². The molecule has 0 aromatic heterocycles. The predicted octanol–water partition coefficient (Wildman–Crippen LogP) is -1.03. The molecule has 102 valence electrons. The number of aliphatic imine (C=N–C) groups is 2. The fraction of sp³-hybridized carbons (Fsp3) is 0.818. The molecule has 2 aliphatic heterocycles. The monoisotopic (exact) mass is 253 g/mol. The lowest BCUT2D eigenvalue weighted by molar-refractivity contribution is 0.205. The minimum absolute atomic E-state index is 0.317. The Morgan fingerprint density at radius 3 is 3.06 bits per heavy atom. The second-order valence-electron chi connectivity index (χ2n) is 4.87. The summed E-state index contributed by atoms with van der Waals surface area (Å²) in [5.41, 5.74) is 12.0. The van der Waals surface area contributed by atoms with Gasteiger partial charge in [-0.2, -0.15) is 0 Å². The molecule has 0 amide bonds. The van der Waals surface area contributed by atoms with Gasteiger partial charge in [0.15, 0.2) is 11.7 Å². The lowest BCUT2D eigenvalue weighted by atomic mass is 10.1. The molecule has 2 atom stereocenters. The largest absolute Gasteiger partial charge is 0.370 e. The van der Waals surface area contributed by atoms with Crippen molar-refractivity contribution < 1.29 is 0 Å². The van der Waals surface area contributed by atoms with Crippen molar-refractivity contribution in [3.8, 4) is 0 Å². The molecular formula is C11H23N7. The van der Waals surface area contributed by atoms with Gasteiger partial charge in [0, 0.05) is 19.5 Å². The van der Waals surface area contributed by atoms with E-state index in [1.54, 1.807) is 7.05 Å². The van der Waals surface area contributed by atoms with Crippen LogP contribution in [0, 0.1) is 0 Å². The molecule has 1 fully saturated rings. The summed E-state index contributed by atoms with van der Waals surface area (Å²) in [6, 6.07) is 0.459. The number of nitrogens with zero attached hydrogens (tertiary/aromatic N) is 3. The van der Waals surface area contributed by atoms with Crippen LogP contribution in [-0.2, 0) is 0 Å². The van der Waals surface area contributed by atoms with Gasteiger partial charge in [-0.25, -0.2) is 4.99 Å². The van der Waals surface area contributed by atoms with Gasteiger partial charge in [-0.3, -0.25) is 16.0 Å². The summed E-state index contributed by atoms with van der Waals surface area (Å²) in [5.74, 6) is 0.0380. The smallest absolute Gasteiger partial charge is 0.200 e. The SMILES string of the molecule is CCN1CCCC1CC1(N)N=C(N)NC(=NC)N1. The predicted molar refractivity (Wildman–Crippen MR) is 73.1 cm³/mol. The van der Waals surface area contributed by atoms with Gasteiger partial charge in [-0.1, -0.05) is 6.92 Å². The molecule has 0 bridgehead atoms. The van der Waals surface area contributed by atoms with E-state index in [-0.39, 0.29) is 0 Å². The van der Waals surface area contributed by atoms with Gasteiger partial charge in [0.2, 0.25) is 5.96 Å². The molecule has 1 saturated heterocycles. The minimum Gasteiger partial charge on any atom is -0.370 e. The summed E-state index contributed by atoms with van der Waals surface area (Å²) < 4.78 is 0. The van der Waals surface area contributed by atoms with Crippen LogP contribution in [0.1, 0.15) is 26.2 Å². The molecule has 2 rings (SSSR count). The fourth-order valence-electron chi connectivity index (χ4n) is 2.74. The second kappa shape index (κ2) is 5.11. The van der Waals surface area contributed by atoms with E-state index in [2.05, 4.69) is 32.4 Å². The first-order valence-electron chi connectivity index (χ1n) is 6.46. The van der Waals surface area contributed by atoms with Crippen molar-refractivity contribution in [2.24, 2.45) is 21.5 Å². The molecule has 0 aromatic rings. The maximum atomic E-state index is 6.29. The normalized spacial score (nSPS) is 35.2. The standard InChI is InChI=1S/C11H23N7/c1-3-18-6-4-5-8(18)7-11(13)16-9(12)15-10(14-2)17-11/h8H,3-7,13H2,1-2H3,(H4,12,14,15,16,17). The van der Waals surface area contributed by atoms with E-state index in [0.717, 1.165) is 25.9 Å². The number of rotatable bonds is 3. The maximum absolute atomic E-state index is 6.29. The van der Waals surface area contributed by atoms with Gasteiger partial charge in [0.25, 0.3) is 0 Å². The van der Waals surface area contributed by atoms with Crippen molar-refractivity contribution in [3.05, 3.63) is 0 Å². The van der Waals surface area contributed by atoms with Crippen LogP contribution >= 0.6 is 0 Å². The van der Waals surface area contributed by atoms with E-state index in [0.29, 0.717) is 18.0 Å². The summed E-state index contributed by atoms with van der Waals surface area (Å²) in [4.78, 5) is 10.8. The van der Waals surface area contributed by atoms with Crippen molar-refractivity contribution in [1.29, 1.82) is 0 Å². The molecular weight excluding hydrogens is 230 g/mol. The summed E-state index contributed by atoms with van der Waals surface area (Å²) in [6.45, 7) is 4.37. The van der Waals surface area contributed by atoms with Crippen LogP contribution < -0.4 is 22.1 Å². The molecule has 2 aliphatic rings. The van der Waals surface area contributed by atoms with E-state index in [1.165, 1.54) is 6.42 Å². The summed E-state index contributed by atoms with van der Waals surface area (Å²) in [7, 11) is 1.68. The second-order valence-corrected chi connectivity index (χ2v) is 4.87. The highest BCUT2D eigenvalue weighted by atomic mass is 15.4. The van der Waals surface area contributed by atoms with Gasteiger partial charge in [0.05, 0.1) is 0 Å². The van der Waals surface area contributed by atoms with Gasteiger partial charge in [0.1, 0.15) is 0 Å². The third-order valence-corrected chi connectivity index (χ3v) is 3.58. The number of hydrogen-bond donors (Lipinski definition) is 4. The zero-order valence-corrected chi connectivity index (χ0v) is 11.1. The quantitative estimate of drug-likeness (QED) is 0.515. The molecule has 0 saturated carbocycles. The first kappa shape index (κ1) is 13.1. The van der Waals surface area contributed by atoms with E-state index >= 15 is 0 Å². The Hall–Kier alpha value is -1.34. The van der Waals surface area contributed by atoms with Crippen LogP contribution in [-0.4, -0.2) is 48.8 Å². The number of nitrogens with two attached hydrogens (primary N) is 2. The zero-order chi connectivity index (χ0) is 13.2. The lowest BCUT2D eigenvalue weighted by Gasteiger charge is -2.36. The first-order chi connectivity index (χ1) is 8.56. The van der Waals surface area contributed by atoms with Crippen LogP contribution in [0.4, 0.5) is 0 Å². The van der Waals surface area contributed by atoms with E-state index in [1.807, 2.05) is 0 Å². The highest BCUT2D eigenvalue weighted by molar-refractivity contribution is 6.00. The Labute approximate surface area is 108 Å². The Morgan fingerprint density at radius 2 is 2.39 bits per heavy atom.